The minimum atomic E-state index is -1.97. The average Bonchev–Trinajstić information content (AvgIpc) is 2.16. The van der Waals surface area contributed by atoms with Crippen molar-refractivity contribution in [2.45, 2.75) is 31.0 Å². The van der Waals surface area contributed by atoms with Crippen LogP contribution in [0.15, 0.2) is 0 Å². The van der Waals surface area contributed by atoms with Crippen molar-refractivity contribution in [2.24, 2.45) is 0 Å². The molecular weight excluding hydrogens is 152 g/mol. The van der Waals surface area contributed by atoms with Crippen LogP contribution >= 0.6 is 0 Å². The summed E-state index contributed by atoms with van der Waals surface area (Å²) in [5, 5.41) is 27.2. The quantitative estimate of drug-likeness (QED) is 0.389. The van der Waals surface area contributed by atoms with Crippen LogP contribution in [0.25, 0.3) is 0 Å². The molecule has 1 saturated heterocycles. The van der Waals surface area contributed by atoms with Crippen molar-refractivity contribution >= 4 is 6.29 Å². The fourth-order valence-electron chi connectivity index (χ4n) is 1.03. The third kappa shape index (κ3) is 1.06. The first-order valence-electron chi connectivity index (χ1n) is 3.22. The van der Waals surface area contributed by atoms with Crippen LogP contribution < -0.4 is 0 Å². The summed E-state index contributed by atoms with van der Waals surface area (Å²) in [6.07, 6.45) is -3.75. The van der Waals surface area contributed by atoms with Crippen LogP contribution in [-0.2, 0) is 9.53 Å². The number of ether oxygens (including phenoxy) is 1. The largest absolute Gasteiger partial charge is 0.384 e. The van der Waals surface area contributed by atoms with E-state index < -0.39 is 24.1 Å². The molecule has 0 radical (unpaired) electrons. The van der Waals surface area contributed by atoms with Crippen molar-refractivity contribution in [1.82, 2.24) is 0 Å². The van der Waals surface area contributed by atoms with Crippen molar-refractivity contribution in [3.05, 3.63) is 0 Å². The van der Waals surface area contributed by atoms with E-state index >= 15 is 0 Å². The Morgan fingerprint density at radius 1 is 1.55 bits per heavy atom. The van der Waals surface area contributed by atoms with E-state index in [4.69, 9.17) is 10.2 Å². The second-order valence-corrected chi connectivity index (χ2v) is 2.62. The zero-order valence-electron chi connectivity index (χ0n) is 5.97. The van der Waals surface area contributed by atoms with Gasteiger partial charge in [-0.15, -0.1) is 0 Å². The van der Waals surface area contributed by atoms with Gasteiger partial charge in [-0.2, -0.15) is 0 Å². The zero-order chi connectivity index (χ0) is 8.65. The summed E-state index contributed by atoms with van der Waals surface area (Å²) in [6, 6.07) is 0. The molecule has 1 unspecified atom stereocenters. The Balaban J connectivity index is 2.86. The predicted octanol–water partition coefficient (Wildman–Crippen LogP) is -1.99. The third-order valence-electron chi connectivity index (χ3n) is 1.93. The molecule has 3 N–H and O–H groups in total. The van der Waals surface area contributed by atoms with Gasteiger partial charge < -0.3 is 20.1 Å². The lowest BCUT2D eigenvalue weighted by atomic mass is 9.96. The van der Waals surface area contributed by atoms with Crippen LogP contribution in [0.3, 0.4) is 0 Å². The number of aliphatic hydroxyl groups is 3. The standard InChI is InChI=1S/C6H10O5/c1-3-6(10,2-7)4(8)5(9)11-3/h2-5,8-10H,1H3/t3-,4-,5?,6+/m0/s1. The normalized spacial score (nSPS) is 51.1. The van der Waals surface area contributed by atoms with Gasteiger partial charge in [0.1, 0.15) is 6.10 Å². The first-order valence-corrected chi connectivity index (χ1v) is 3.22. The molecule has 0 aromatic rings. The third-order valence-corrected chi connectivity index (χ3v) is 1.93. The monoisotopic (exact) mass is 162 g/mol. The molecule has 0 saturated carbocycles. The van der Waals surface area contributed by atoms with Crippen molar-refractivity contribution in [3.8, 4) is 0 Å². The first-order chi connectivity index (χ1) is 5.02. The molecule has 5 nitrogen and oxygen atoms in total. The molecule has 11 heavy (non-hydrogen) atoms. The topological polar surface area (TPSA) is 87.0 Å². The number of rotatable bonds is 1. The smallest absolute Gasteiger partial charge is 0.184 e. The van der Waals surface area contributed by atoms with Gasteiger partial charge in [-0.3, -0.25) is 4.79 Å². The molecule has 4 atom stereocenters. The summed E-state index contributed by atoms with van der Waals surface area (Å²) in [5.74, 6) is 0. The molecule has 64 valence electrons. The maximum Gasteiger partial charge on any atom is 0.184 e. The van der Waals surface area contributed by atoms with E-state index in [1.165, 1.54) is 6.92 Å². The van der Waals surface area contributed by atoms with Gasteiger partial charge in [0.15, 0.2) is 18.2 Å². The highest BCUT2D eigenvalue weighted by Crippen LogP contribution is 2.27. The average molecular weight is 162 g/mol. The Morgan fingerprint density at radius 3 is 2.27 bits per heavy atom. The molecule has 0 amide bonds. The van der Waals surface area contributed by atoms with Gasteiger partial charge in [0.05, 0.1) is 6.10 Å². The van der Waals surface area contributed by atoms with Crippen LogP contribution in [-0.4, -0.2) is 45.7 Å². The maximum atomic E-state index is 10.3. The highest BCUT2D eigenvalue weighted by Gasteiger charge is 2.52. The second kappa shape index (κ2) is 2.53. The van der Waals surface area contributed by atoms with Gasteiger partial charge in [-0.25, -0.2) is 0 Å². The van der Waals surface area contributed by atoms with Crippen molar-refractivity contribution < 1.29 is 24.9 Å². The van der Waals surface area contributed by atoms with Crippen molar-refractivity contribution in [1.29, 1.82) is 0 Å². The molecule has 0 bridgehead atoms. The molecule has 0 aliphatic carbocycles. The molecule has 5 heteroatoms. The molecule has 1 rings (SSSR count). The number of hydrogen-bond acceptors (Lipinski definition) is 5. The van der Waals surface area contributed by atoms with E-state index in [9.17, 15) is 9.90 Å². The molecule has 0 aromatic heterocycles. The Labute approximate surface area is 63.2 Å². The van der Waals surface area contributed by atoms with E-state index in [0.717, 1.165) is 0 Å². The summed E-state index contributed by atoms with van der Waals surface area (Å²) >= 11 is 0. The SMILES string of the molecule is C[C@@H]1OC(O)[C@H](O)[C@@]1(O)C=O. The number of carbonyl (C=O) groups is 1. The summed E-state index contributed by atoms with van der Waals surface area (Å²) in [7, 11) is 0. The summed E-state index contributed by atoms with van der Waals surface area (Å²) < 4.78 is 4.60. The molecule has 1 heterocycles. The van der Waals surface area contributed by atoms with E-state index in [1.807, 2.05) is 0 Å². The van der Waals surface area contributed by atoms with Gasteiger partial charge in [0, 0.05) is 0 Å². The molecule has 0 aromatic carbocycles. The number of hydrogen-bond donors (Lipinski definition) is 3. The summed E-state index contributed by atoms with van der Waals surface area (Å²) in [6.45, 7) is 1.40. The van der Waals surface area contributed by atoms with Gasteiger partial charge in [-0.05, 0) is 6.92 Å². The lowest BCUT2D eigenvalue weighted by Gasteiger charge is -2.21. The van der Waals surface area contributed by atoms with Crippen molar-refractivity contribution in [2.75, 3.05) is 0 Å². The highest BCUT2D eigenvalue weighted by molar-refractivity contribution is 5.65. The number of carbonyl (C=O) groups excluding carboxylic acids is 1. The Bertz CT molecular complexity index is 170. The van der Waals surface area contributed by atoms with E-state index in [1.54, 1.807) is 0 Å². The first kappa shape index (κ1) is 8.61. The van der Waals surface area contributed by atoms with Crippen molar-refractivity contribution in [3.63, 3.8) is 0 Å². The molecule has 0 spiro atoms. The summed E-state index contributed by atoms with van der Waals surface area (Å²) in [4.78, 5) is 10.3. The molecule has 1 aliphatic rings. The Morgan fingerprint density at radius 2 is 2.09 bits per heavy atom. The second-order valence-electron chi connectivity index (χ2n) is 2.62. The molecule has 1 fully saturated rings. The fraction of sp³-hybridized carbons (Fsp3) is 0.833. The van der Waals surface area contributed by atoms with Crippen LogP contribution in [0.5, 0.6) is 0 Å². The maximum absolute atomic E-state index is 10.3. The molecule has 1 aliphatic heterocycles. The predicted molar refractivity (Wildman–Crippen MR) is 33.6 cm³/mol. The van der Waals surface area contributed by atoms with E-state index in [0.29, 0.717) is 0 Å². The number of aldehydes is 1. The van der Waals surface area contributed by atoms with Crippen LogP contribution in [0.2, 0.25) is 0 Å². The highest BCUT2D eigenvalue weighted by atomic mass is 16.6. The minimum absolute atomic E-state index is 0.179. The van der Waals surface area contributed by atoms with Crippen LogP contribution in [0.4, 0.5) is 0 Å². The van der Waals surface area contributed by atoms with E-state index in [2.05, 4.69) is 4.74 Å². The van der Waals surface area contributed by atoms with Gasteiger partial charge in [0.2, 0.25) is 0 Å². The number of aliphatic hydroxyl groups excluding tert-OH is 2. The van der Waals surface area contributed by atoms with Gasteiger partial charge in [-0.1, -0.05) is 0 Å². The zero-order valence-corrected chi connectivity index (χ0v) is 5.97. The Kier molecular flexibility index (Phi) is 1.98. The van der Waals surface area contributed by atoms with Gasteiger partial charge in [0.25, 0.3) is 0 Å². The minimum Gasteiger partial charge on any atom is -0.384 e. The van der Waals surface area contributed by atoms with Gasteiger partial charge >= 0.3 is 0 Å². The van der Waals surface area contributed by atoms with E-state index in [-0.39, 0.29) is 6.29 Å². The Hall–Kier alpha value is -0.490. The molecular formula is C6H10O5. The lowest BCUT2D eigenvalue weighted by Crippen LogP contribution is -2.48. The fourth-order valence-corrected chi connectivity index (χ4v) is 1.03. The summed E-state index contributed by atoms with van der Waals surface area (Å²) in [5.41, 5.74) is -1.97. The van der Waals surface area contributed by atoms with Crippen LogP contribution in [0.1, 0.15) is 6.92 Å². The lowest BCUT2D eigenvalue weighted by molar-refractivity contribution is -0.139. The van der Waals surface area contributed by atoms with Crippen LogP contribution in [0, 0.1) is 0 Å².